The first-order valence-electron chi connectivity index (χ1n) is 10.4. The lowest BCUT2D eigenvalue weighted by Gasteiger charge is -2.36. The molecule has 3 rings (SSSR count). The molecule has 2 aliphatic rings. The molecule has 152 valence electrons. The van der Waals surface area contributed by atoms with E-state index in [4.69, 9.17) is 4.74 Å². The Hall–Kier alpha value is -2.50. The number of piperazine rings is 1. The number of urea groups is 1. The minimum atomic E-state index is -0.292. The van der Waals surface area contributed by atoms with Crippen LogP contribution < -0.4 is 10.2 Å². The molecule has 0 aromatic heterocycles. The van der Waals surface area contributed by atoms with Gasteiger partial charge in [0, 0.05) is 38.4 Å². The molecule has 1 aliphatic heterocycles. The molecule has 1 N–H and O–H groups in total. The molecular formula is C22H31N3O3. The molecule has 0 unspecified atom stereocenters. The van der Waals surface area contributed by atoms with E-state index in [9.17, 15) is 9.59 Å². The molecule has 0 spiro atoms. The number of esters is 1. The summed E-state index contributed by atoms with van der Waals surface area (Å²) in [6, 6.07) is 7.52. The van der Waals surface area contributed by atoms with Crippen LogP contribution in [0, 0.1) is 0 Å². The summed E-state index contributed by atoms with van der Waals surface area (Å²) in [7, 11) is 0. The Morgan fingerprint density at radius 1 is 1.07 bits per heavy atom. The van der Waals surface area contributed by atoms with Crippen molar-refractivity contribution in [1.82, 2.24) is 10.2 Å². The maximum absolute atomic E-state index is 12.4. The highest BCUT2D eigenvalue weighted by Gasteiger charge is 2.21. The molecule has 0 bridgehead atoms. The molecule has 6 heteroatoms. The van der Waals surface area contributed by atoms with Crippen molar-refractivity contribution >= 4 is 17.7 Å². The van der Waals surface area contributed by atoms with Crippen LogP contribution in [0.4, 0.5) is 10.5 Å². The van der Waals surface area contributed by atoms with Crippen LogP contribution in [0.15, 0.2) is 35.9 Å². The number of ether oxygens (including phenoxy) is 1. The standard InChI is InChI=1S/C22H31N3O3/c1-2-28-21(26)19-8-10-20(11-9-19)24-14-16-25(17-15-24)22(27)23-13-12-18-6-4-3-5-7-18/h6,8-11H,2-5,7,12-17H2,1H3,(H,23,27). The Labute approximate surface area is 167 Å². The highest BCUT2D eigenvalue weighted by molar-refractivity contribution is 5.89. The maximum atomic E-state index is 12.4. The SMILES string of the molecule is CCOC(=O)c1ccc(N2CCN(C(=O)NCCC3=CCCCC3)CC2)cc1. The van der Waals surface area contributed by atoms with Gasteiger partial charge in [-0.2, -0.15) is 0 Å². The Bertz CT molecular complexity index is 691. The molecule has 1 fully saturated rings. The number of hydrogen-bond acceptors (Lipinski definition) is 4. The average molecular weight is 386 g/mol. The number of rotatable bonds is 6. The van der Waals surface area contributed by atoms with Crippen molar-refractivity contribution in [1.29, 1.82) is 0 Å². The molecular weight excluding hydrogens is 354 g/mol. The van der Waals surface area contributed by atoms with Crippen LogP contribution in [0.1, 0.15) is 49.4 Å². The summed E-state index contributed by atoms with van der Waals surface area (Å²) in [4.78, 5) is 28.3. The molecule has 0 saturated carbocycles. The largest absolute Gasteiger partial charge is 0.462 e. The van der Waals surface area contributed by atoms with Crippen molar-refractivity contribution in [3.05, 3.63) is 41.5 Å². The van der Waals surface area contributed by atoms with Gasteiger partial charge in [0.15, 0.2) is 0 Å². The summed E-state index contributed by atoms with van der Waals surface area (Å²) >= 11 is 0. The zero-order valence-electron chi connectivity index (χ0n) is 16.8. The third-order valence-corrected chi connectivity index (χ3v) is 5.42. The quantitative estimate of drug-likeness (QED) is 0.601. The van der Waals surface area contributed by atoms with Crippen LogP contribution in [0.2, 0.25) is 0 Å². The minimum Gasteiger partial charge on any atom is -0.462 e. The van der Waals surface area contributed by atoms with Crippen molar-refractivity contribution in [2.75, 3.05) is 44.2 Å². The number of anilines is 1. The van der Waals surface area contributed by atoms with E-state index in [1.165, 1.54) is 31.3 Å². The van der Waals surface area contributed by atoms with E-state index < -0.39 is 0 Å². The van der Waals surface area contributed by atoms with Gasteiger partial charge in [-0.15, -0.1) is 0 Å². The van der Waals surface area contributed by atoms with Gasteiger partial charge in [0.1, 0.15) is 0 Å². The second-order valence-electron chi connectivity index (χ2n) is 7.33. The predicted molar refractivity (Wildman–Crippen MR) is 111 cm³/mol. The van der Waals surface area contributed by atoms with Gasteiger partial charge < -0.3 is 19.9 Å². The van der Waals surface area contributed by atoms with Crippen molar-refractivity contribution in [2.45, 2.75) is 39.0 Å². The van der Waals surface area contributed by atoms with Crippen molar-refractivity contribution < 1.29 is 14.3 Å². The fourth-order valence-corrected chi connectivity index (χ4v) is 3.76. The van der Waals surface area contributed by atoms with Gasteiger partial charge in [0.05, 0.1) is 12.2 Å². The third-order valence-electron chi connectivity index (χ3n) is 5.42. The number of amides is 2. The molecule has 28 heavy (non-hydrogen) atoms. The highest BCUT2D eigenvalue weighted by Crippen LogP contribution is 2.20. The van der Waals surface area contributed by atoms with Gasteiger partial charge in [0.2, 0.25) is 0 Å². The smallest absolute Gasteiger partial charge is 0.338 e. The highest BCUT2D eigenvalue weighted by atomic mass is 16.5. The van der Waals surface area contributed by atoms with E-state index in [-0.39, 0.29) is 12.0 Å². The van der Waals surface area contributed by atoms with Gasteiger partial charge in [-0.3, -0.25) is 0 Å². The molecule has 0 radical (unpaired) electrons. The van der Waals surface area contributed by atoms with Crippen LogP contribution >= 0.6 is 0 Å². The van der Waals surface area contributed by atoms with Crippen molar-refractivity contribution in [3.8, 4) is 0 Å². The number of hydrogen-bond donors (Lipinski definition) is 1. The summed E-state index contributed by atoms with van der Waals surface area (Å²) in [5.41, 5.74) is 3.12. The van der Waals surface area contributed by atoms with Gasteiger partial charge in [-0.05, 0) is 63.3 Å². The number of carbonyl (C=O) groups is 2. The van der Waals surface area contributed by atoms with Crippen LogP contribution in [0.5, 0.6) is 0 Å². The van der Waals surface area contributed by atoms with Crippen molar-refractivity contribution in [3.63, 3.8) is 0 Å². The van der Waals surface area contributed by atoms with Crippen LogP contribution in [-0.4, -0.2) is 56.2 Å². The van der Waals surface area contributed by atoms with E-state index in [0.717, 1.165) is 31.7 Å². The van der Waals surface area contributed by atoms with E-state index in [2.05, 4.69) is 16.3 Å². The molecule has 6 nitrogen and oxygen atoms in total. The first-order chi connectivity index (χ1) is 13.7. The lowest BCUT2D eigenvalue weighted by atomic mass is 9.97. The minimum absolute atomic E-state index is 0.0359. The number of carbonyl (C=O) groups excluding carboxylic acids is 2. The molecule has 1 heterocycles. The fraction of sp³-hybridized carbons (Fsp3) is 0.545. The van der Waals surface area contributed by atoms with E-state index >= 15 is 0 Å². The van der Waals surface area contributed by atoms with Gasteiger partial charge in [-0.1, -0.05) is 11.6 Å². The first kappa shape index (κ1) is 20.2. The predicted octanol–water partition coefficient (Wildman–Crippen LogP) is 3.59. The second-order valence-corrected chi connectivity index (χ2v) is 7.33. The number of nitrogens with one attached hydrogen (secondary N) is 1. The lowest BCUT2D eigenvalue weighted by molar-refractivity contribution is 0.0526. The summed E-state index contributed by atoms with van der Waals surface area (Å²) in [6.07, 6.45) is 8.25. The average Bonchev–Trinajstić information content (AvgIpc) is 2.75. The molecule has 1 aliphatic carbocycles. The Morgan fingerprint density at radius 2 is 1.82 bits per heavy atom. The summed E-state index contributed by atoms with van der Waals surface area (Å²) < 4.78 is 5.02. The van der Waals surface area contributed by atoms with Crippen LogP contribution in [-0.2, 0) is 4.74 Å². The van der Waals surface area contributed by atoms with Crippen LogP contribution in [0.25, 0.3) is 0 Å². The topological polar surface area (TPSA) is 61.9 Å². The third kappa shape index (κ3) is 5.50. The summed E-state index contributed by atoms with van der Waals surface area (Å²) in [6.45, 7) is 5.88. The Kier molecular flexibility index (Phi) is 7.34. The zero-order valence-corrected chi connectivity index (χ0v) is 16.8. The van der Waals surface area contributed by atoms with E-state index in [1.54, 1.807) is 19.1 Å². The molecule has 2 amide bonds. The number of benzene rings is 1. The molecule has 1 aromatic carbocycles. The van der Waals surface area contributed by atoms with Gasteiger partial charge >= 0.3 is 12.0 Å². The maximum Gasteiger partial charge on any atom is 0.338 e. The van der Waals surface area contributed by atoms with Gasteiger partial charge in [0.25, 0.3) is 0 Å². The normalized spacial score (nSPS) is 17.1. The van der Waals surface area contributed by atoms with Crippen LogP contribution in [0.3, 0.4) is 0 Å². The Balaban J connectivity index is 1.41. The number of nitrogens with zero attached hydrogens (tertiary/aromatic N) is 2. The molecule has 0 atom stereocenters. The lowest BCUT2D eigenvalue weighted by Crippen LogP contribution is -2.52. The molecule has 1 aromatic rings. The van der Waals surface area contributed by atoms with Gasteiger partial charge in [-0.25, -0.2) is 9.59 Å². The van der Waals surface area contributed by atoms with Crippen molar-refractivity contribution in [2.24, 2.45) is 0 Å². The summed E-state index contributed by atoms with van der Waals surface area (Å²) in [5.74, 6) is -0.292. The summed E-state index contributed by atoms with van der Waals surface area (Å²) in [5, 5.41) is 3.06. The van der Waals surface area contributed by atoms with E-state index in [1.807, 2.05) is 17.0 Å². The monoisotopic (exact) mass is 385 g/mol. The fourth-order valence-electron chi connectivity index (χ4n) is 3.76. The first-order valence-corrected chi connectivity index (χ1v) is 10.4. The van der Waals surface area contributed by atoms with E-state index in [0.29, 0.717) is 25.3 Å². The number of allylic oxidation sites excluding steroid dienone is 1. The molecule has 1 saturated heterocycles. The zero-order chi connectivity index (χ0) is 19.8. The second kappa shape index (κ2) is 10.2. The Morgan fingerprint density at radius 3 is 2.46 bits per heavy atom.